The van der Waals surface area contributed by atoms with Crippen molar-refractivity contribution in [2.24, 2.45) is 5.92 Å². The highest BCUT2D eigenvalue weighted by Gasteiger charge is 2.40. The van der Waals surface area contributed by atoms with Crippen LogP contribution < -0.4 is 0 Å². The Bertz CT molecular complexity index is 983. The molecule has 0 heteroatoms. The van der Waals surface area contributed by atoms with Crippen molar-refractivity contribution in [3.05, 3.63) is 82.0 Å². The molecule has 0 N–H and O–H groups in total. The molecule has 3 aliphatic rings. The Morgan fingerprint density at radius 3 is 1.83 bits per heavy atom. The van der Waals surface area contributed by atoms with Gasteiger partial charge in [-0.05, 0) is 75.0 Å². The normalized spacial score (nSPS) is 21.0. The zero-order valence-electron chi connectivity index (χ0n) is 18.9. The van der Waals surface area contributed by atoms with Crippen LogP contribution in [0.25, 0.3) is 11.1 Å². The minimum Gasteiger partial charge on any atom is -0.0802 e. The second-order valence-electron chi connectivity index (χ2n) is 11.4. The predicted octanol–water partition coefficient (Wildman–Crippen LogP) is 8.06. The molecule has 0 nitrogen and oxygen atoms in total. The number of hydrogen-bond donors (Lipinski definition) is 0. The average Bonchev–Trinajstić information content (AvgIpc) is 3.32. The van der Waals surface area contributed by atoms with E-state index in [1.807, 2.05) is 0 Å². The van der Waals surface area contributed by atoms with E-state index in [2.05, 4.69) is 90.1 Å². The van der Waals surface area contributed by atoms with E-state index in [0.29, 0.717) is 11.8 Å². The van der Waals surface area contributed by atoms with Gasteiger partial charge >= 0.3 is 0 Å². The minimum atomic E-state index is 0.179. The van der Waals surface area contributed by atoms with Crippen molar-refractivity contribution in [2.75, 3.05) is 0 Å². The number of rotatable bonds is 1. The Balaban J connectivity index is 1.72. The maximum Gasteiger partial charge on any atom is 0.0171 e. The molecule has 150 valence electrons. The summed E-state index contributed by atoms with van der Waals surface area (Å²) in [5, 5.41) is 0. The van der Waals surface area contributed by atoms with Crippen LogP contribution in [0.4, 0.5) is 0 Å². The largest absolute Gasteiger partial charge is 0.0802 e. The molecule has 0 bridgehead atoms. The fourth-order valence-corrected chi connectivity index (χ4v) is 5.69. The van der Waals surface area contributed by atoms with E-state index in [0.717, 1.165) is 0 Å². The molecular weight excluding hydrogens is 348 g/mol. The van der Waals surface area contributed by atoms with Gasteiger partial charge in [0.25, 0.3) is 0 Å². The molecule has 0 aliphatic heterocycles. The second kappa shape index (κ2) is 6.21. The van der Waals surface area contributed by atoms with Crippen LogP contribution in [0.3, 0.4) is 0 Å². The van der Waals surface area contributed by atoms with E-state index in [9.17, 15) is 0 Å². The second-order valence-corrected chi connectivity index (χ2v) is 11.4. The monoisotopic (exact) mass is 382 g/mol. The summed E-state index contributed by atoms with van der Waals surface area (Å²) in [7, 11) is 0. The molecule has 1 atom stereocenters. The molecule has 0 saturated heterocycles. The lowest BCUT2D eigenvalue weighted by molar-refractivity contribution is 0.541. The van der Waals surface area contributed by atoms with E-state index in [1.54, 1.807) is 22.3 Å². The smallest absolute Gasteiger partial charge is 0.0171 e. The summed E-state index contributed by atoms with van der Waals surface area (Å²) in [5.74, 6) is 1.13. The van der Waals surface area contributed by atoms with Crippen LogP contribution in [0.1, 0.15) is 89.0 Å². The van der Waals surface area contributed by atoms with Crippen molar-refractivity contribution in [3.8, 4) is 11.1 Å². The van der Waals surface area contributed by atoms with Crippen LogP contribution in [0, 0.1) is 5.92 Å². The Morgan fingerprint density at radius 1 is 0.759 bits per heavy atom. The molecule has 5 rings (SSSR count). The quantitative estimate of drug-likeness (QED) is 0.468. The van der Waals surface area contributed by atoms with Gasteiger partial charge in [0.05, 0.1) is 0 Å². The van der Waals surface area contributed by atoms with Crippen molar-refractivity contribution in [1.29, 1.82) is 0 Å². The summed E-state index contributed by atoms with van der Waals surface area (Å²) in [4.78, 5) is 0. The maximum atomic E-state index is 2.54. The molecule has 1 unspecified atom stereocenters. The molecular formula is C29H34. The third kappa shape index (κ3) is 2.95. The van der Waals surface area contributed by atoms with Crippen molar-refractivity contribution >= 4 is 0 Å². The van der Waals surface area contributed by atoms with Crippen LogP contribution in [0.5, 0.6) is 0 Å². The fourth-order valence-electron chi connectivity index (χ4n) is 5.69. The van der Waals surface area contributed by atoms with Gasteiger partial charge in [-0.15, -0.1) is 0 Å². The molecule has 2 aromatic rings. The zero-order chi connectivity index (χ0) is 20.6. The first kappa shape index (κ1) is 18.9. The lowest BCUT2D eigenvalue weighted by Crippen LogP contribution is -2.16. The highest BCUT2D eigenvalue weighted by molar-refractivity contribution is 5.80. The van der Waals surface area contributed by atoms with Gasteiger partial charge in [0.1, 0.15) is 0 Å². The summed E-state index contributed by atoms with van der Waals surface area (Å²) in [6, 6.07) is 14.6. The number of hydrogen-bond acceptors (Lipinski definition) is 0. The average molecular weight is 383 g/mol. The summed E-state index contributed by atoms with van der Waals surface area (Å²) < 4.78 is 0. The van der Waals surface area contributed by atoms with Gasteiger partial charge in [-0.2, -0.15) is 0 Å². The minimum absolute atomic E-state index is 0.179. The molecule has 29 heavy (non-hydrogen) atoms. The Hall–Kier alpha value is -2.08. The predicted molar refractivity (Wildman–Crippen MR) is 125 cm³/mol. The molecule has 0 amide bonds. The third-order valence-corrected chi connectivity index (χ3v) is 7.42. The number of benzene rings is 2. The highest BCUT2D eigenvalue weighted by Crippen LogP contribution is 2.56. The molecule has 2 aromatic carbocycles. The van der Waals surface area contributed by atoms with Crippen molar-refractivity contribution in [1.82, 2.24) is 0 Å². The first-order valence-corrected chi connectivity index (χ1v) is 11.3. The molecule has 3 aliphatic carbocycles. The maximum absolute atomic E-state index is 2.54. The van der Waals surface area contributed by atoms with E-state index in [1.165, 1.54) is 41.5 Å². The zero-order valence-corrected chi connectivity index (χ0v) is 18.9. The molecule has 0 aromatic heterocycles. The first-order valence-electron chi connectivity index (χ1n) is 11.3. The van der Waals surface area contributed by atoms with E-state index < -0.39 is 0 Å². The van der Waals surface area contributed by atoms with Crippen LogP contribution in [0.2, 0.25) is 0 Å². The Labute approximate surface area is 176 Å². The van der Waals surface area contributed by atoms with Crippen molar-refractivity contribution in [3.63, 3.8) is 0 Å². The van der Waals surface area contributed by atoms with Gasteiger partial charge < -0.3 is 0 Å². The van der Waals surface area contributed by atoms with E-state index in [4.69, 9.17) is 0 Å². The number of allylic oxidation sites excluding steroid dienone is 4. The third-order valence-electron chi connectivity index (χ3n) is 7.42. The molecule has 0 fully saturated rings. The van der Waals surface area contributed by atoms with E-state index in [-0.39, 0.29) is 10.8 Å². The standard InChI is InChI=1S/C29H34/c1-28(2,3)19-11-14-22-23-15-12-20(29(4,5)6)17-26(23)27(25(22)16-19)24-13-10-18-8-7-9-21(18)24/h7,9,11-12,14-17,24,27H,8,10,13H2,1-6H3. The number of fused-ring (bicyclic) bond motifs is 3. The molecule has 0 radical (unpaired) electrons. The highest BCUT2D eigenvalue weighted by atomic mass is 14.4. The van der Waals surface area contributed by atoms with Gasteiger partial charge in [0.2, 0.25) is 0 Å². The molecule has 0 saturated carbocycles. The summed E-state index contributed by atoms with van der Waals surface area (Å²) in [6.07, 6.45) is 8.59. The van der Waals surface area contributed by atoms with Crippen LogP contribution in [0.15, 0.2) is 59.7 Å². The summed E-state index contributed by atoms with van der Waals surface area (Å²) in [6.45, 7) is 14.0. The lowest BCUT2D eigenvalue weighted by atomic mass is 9.77. The summed E-state index contributed by atoms with van der Waals surface area (Å²) >= 11 is 0. The summed E-state index contributed by atoms with van der Waals surface area (Å²) in [5.41, 5.74) is 12.7. The lowest BCUT2D eigenvalue weighted by Gasteiger charge is -2.27. The fraction of sp³-hybridized carbons (Fsp3) is 0.448. The first-order chi connectivity index (χ1) is 13.6. The van der Waals surface area contributed by atoms with Crippen LogP contribution >= 0.6 is 0 Å². The van der Waals surface area contributed by atoms with Crippen molar-refractivity contribution < 1.29 is 0 Å². The van der Waals surface area contributed by atoms with Gasteiger partial charge in [-0.3, -0.25) is 0 Å². The molecule has 0 heterocycles. The van der Waals surface area contributed by atoms with E-state index >= 15 is 0 Å². The Morgan fingerprint density at radius 2 is 1.31 bits per heavy atom. The van der Waals surface area contributed by atoms with Gasteiger partial charge in [0.15, 0.2) is 0 Å². The Kier molecular flexibility index (Phi) is 4.05. The van der Waals surface area contributed by atoms with Gasteiger partial charge in [0, 0.05) is 5.92 Å². The van der Waals surface area contributed by atoms with Gasteiger partial charge in [-0.1, -0.05) is 95.7 Å². The van der Waals surface area contributed by atoms with Crippen LogP contribution in [-0.4, -0.2) is 0 Å². The molecule has 0 spiro atoms. The SMILES string of the molecule is CC(C)(C)c1ccc2c(c1)C(C1CCC3=C1C=CC3)c1cc(C(C)(C)C)ccc1-2. The topological polar surface area (TPSA) is 0 Å². The van der Waals surface area contributed by atoms with Gasteiger partial charge in [-0.25, -0.2) is 0 Å². The van der Waals surface area contributed by atoms with Crippen LogP contribution in [-0.2, 0) is 10.8 Å². The van der Waals surface area contributed by atoms with Crippen molar-refractivity contribution in [2.45, 2.75) is 77.6 Å².